The summed E-state index contributed by atoms with van der Waals surface area (Å²) >= 11 is 0. The van der Waals surface area contributed by atoms with Gasteiger partial charge in [0.1, 0.15) is 0 Å². The van der Waals surface area contributed by atoms with E-state index in [0.29, 0.717) is 17.2 Å². The zero-order valence-electron chi connectivity index (χ0n) is 16.7. The topological polar surface area (TPSA) is 72.9 Å². The molecule has 0 saturated heterocycles. The number of halogens is 1. The van der Waals surface area contributed by atoms with E-state index < -0.39 is 0 Å². The van der Waals surface area contributed by atoms with Gasteiger partial charge in [0, 0.05) is 17.3 Å². The van der Waals surface area contributed by atoms with E-state index in [0.717, 1.165) is 17.5 Å². The van der Waals surface area contributed by atoms with Crippen LogP contribution < -0.4 is 11.1 Å². The van der Waals surface area contributed by atoms with E-state index in [1.54, 1.807) is 0 Å². The molecule has 0 spiro atoms. The first-order chi connectivity index (χ1) is 13.0. The summed E-state index contributed by atoms with van der Waals surface area (Å²) in [6.07, 6.45) is 4.70. The Morgan fingerprint density at radius 1 is 1.14 bits per heavy atom. The molecule has 28 heavy (non-hydrogen) atoms. The van der Waals surface area contributed by atoms with Crippen LogP contribution in [0.4, 0.5) is 11.6 Å². The highest BCUT2D eigenvalue weighted by Gasteiger charge is 2.12. The maximum atomic E-state index is 12.5. The minimum absolute atomic E-state index is 0. The molecule has 0 saturated carbocycles. The van der Waals surface area contributed by atoms with E-state index >= 15 is 0 Å². The lowest BCUT2D eigenvalue weighted by Gasteiger charge is -2.10. The molecule has 0 aliphatic rings. The summed E-state index contributed by atoms with van der Waals surface area (Å²) in [6.45, 7) is 6.34. The predicted octanol–water partition coefficient (Wildman–Crippen LogP) is 5.61. The molecule has 3 N–H and O–H groups in total. The number of hydrogen-bond donors (Lipinski definition) is 2. The van der Waals surface area contributed by atoms with E-state index in [2.05, 4.69) is 31.1 Å². The van der Waals surface area contributed by atoms with Crippen LogP contribution >= 0.6 is 12.4 Å². The van der Waals surface area contributed by atoms with Crippen molar-refractivity contribution in [3.63, 3.8) is 0 Å². The first kappa shape index (κ1) is 21.8. The summed E-state index contributed by atoms with van der Waals surface area (Å²) in [5, 5.41) is 2.95. The number of carbonyl (C=O) groups is 1. The van der Waals surface area contributed by atoms with Gasteiger partial charge in [-0.3, -0.25) is 4.79 Å². The molecule has 0 aliphatic carbocycles. The molecule has 2 aromatic carbocycles. The number of benzene rings is 2. The highest BCUT2D eigenvalue weighted by atomic mass is 35.5. The number of rotatable bonds is 7. The van der Waals surface area contributed by atoms with E-state index in [1.165, 1.54) is 24.8 Å². The monoisotopic (exact) mass is 400 g/mol. The number of imidazole rings is 1. The summed E-state index contributed by atoms with van der Waals surface area (Å²) in [5.41, 5.74) is 10.4. The van der Waals surface area contributed by atoms with Crippen LogP contribution in [-0.4, -0.2) is 15.5 Å². The number of aromatic nitrogens is 2. The van der Waals surface area contributed by atoms with Crippen molar-refractivity contribution in [2.24, 2.45) is 0 Å². The molecule has 1 heterocycles. The third kappa shape index (κ3) is 4.84. The molecular weight excluding hydrogens is 372 g/mol. The molecule has 0 aliphatic heterocycles. The first-order valence-electron chi connectivity index (χ1n) is 9.67. The number of carbonyl (C=O) groups excluding carboxylic acids is 1. The number of amides is 1. The van der Waals surface area contributed by atoms with Gasteiger partial charge < -0.3 is 15.6 Å². The van der Waals surface area contributed by atoms with Crippen molar-refractivity contribution < 1.29 is 4.79 Å². The van der Waals surface area contributed by atoms with Crippen LogP contribution in [-0.2, 0) is 6.42 Å². The fourth-order valence-electron chi connectivity index (χ4n) is 3.34. The van der Waals surface area contributed by atoms with Gasteiger partial charge in [0.15, 0.2) is 0 Å². The van der Waals surface area contributed by atoms with E-state index in [4.69, 9.17) is 5.73 Å². The number of hydrogen-bond acceptors (Lipinski definition) is 3. The Kier molecular flexibility index (Phi) is 7.46. The SMILES string of the molecule is CCCCCc1ccc(C(=O)Nc2ccc3c(c2)nc(N)n3C(C)C)cc1.Cl. The van der Waals surface area contributed by atoms with Gasteiger partial charge >= 0.3 is 0 Å². The summed E-state index contributed by atoms with van der Waals surface area (Å²) < 4.78 is 1.98. The molecule has 0 radical (unpaired) electrons. The lowest BCUT2D eigenvalue weighted by atomic mass is 10.1. The summed E-state index contributed by atoms with van der Waals surface area (Å²) in [6, 6.07) is 13.8. The number of nitrogens with two attached hydrogens (primary N) is 1. The average Bonchev–Trinajstić information content (AvgIpc) is 2.97. The fraction of sp³-hybridized carbons (Fsp3) is 0.364. The Balaban J connectivity index is 0.00000280. The van der Waals surface area contributed by atoms with Crippen LogP contribution in [0.1, 0.15) is 62.0 Å². The van der Waals surface area contributed by atoms with Crippen molar-refractivity contribution in [1.82, 2.24) is 9.55 Å². The van der Waals surface area contributed by atoms with Gasteiger partial charge in [0.25, 0.3) is 5.91 Å². The number of unbranched alkanes of at least 4 members (excludes halogenated alkanes) is 2. The molecule has 150 valence electrons. The van der Waals surface area contributed by atoms with Crippen LogP contribution in [0, 0.1) is 0 Å². The van der Waals surface area contributed by atoms with Crippen molar-refractivity contribution in [3.8, 4) is 0 Å². The summed E-state index contributed by atoms with van der Waals surface area (Å²) in [5.74, 6) is 0.368. The van der Waals surface area contributed by atoms with Crippen LogP contribution in [0.15, 0.2) is 42.5 Å². The highest BCUT2D eigenvalue weighted by molar-refractivity contribution is 6.05. The molecule has 3 rings (SSSR count). The number of nitrogen functional groups attached to an aromatic ring is 1. The Morgan fingerprint density at radius 3 is 2.50 bits per heavy atom. The summed E-state index contributed by atoms with van der Waals surface area (Å²) in [4.78, 5) is 17.0. The van der Waals surface area contributed by atoms with Gasteiger partial charge in [-0.1, -0.05) is 31.9 Å². The lowest BCUT2D eigenvalue weighted by molar-refractivity contribution is 0.102. The van der Waals surface area contributed by atoms with Gasteiger partial charge in [-0.15, -0.1) is 12.4 Å². The molecule has 1 amide bonds. The van der Waals surface area contributed by atoms with Gasteiger partial charge in [-0.05, 0) is 62.6 Å². The normalized spacial score (nSPS) is 10.9. The van der Waals surface area contributed by atoms with Crippen molar-refractivity contribution in [2.75, 3.05) is 11.1 Å². The number of nitrogens with one attached hydrogen (secondary N) is 1. The Bertz CT molecular complexity index is 932. The quantitative estimate of drug-likeness (QED) is 0.506. The van der Waals surface area contributed by atoms with Crippen LogP contribution in [0.3, 0.4) is 0 Å². The smallest absolute Gasteiger partial charge is 0.255 e. The molecule has 0 unspecified atom stereocenters. The molecule has 3 aromatic rings. The van der Waals surface area contributed by atoms with Crippen molar-refractivity contribution in [1.29, 1.82) is 0 Å². The number of fused-ring (bicyclic) bond motifs is 1. The van der Waals surface area contributed by atoms with Crippen molar-refractivity contribution in [2.45, 2.75) is 52.5 Å². The van der Waals surface area contributed by atoms with Crippen molar-refractivity contribution in [3.05, 3.63) is 53.6 Å². The fourth-order valence-corrected chi connectivity index (χ4v) is 3.34. The Hall–Kier alpha value is -2.53. The third-order valence-corrected chi connectivity index (χ3v) is 4.78. The van der Waals surface area contributed by atoms with Gasteiger partial charge in [0.05, 0.1) is 11.0 Å². The number of aryl methyl sites for hydroxylation is 1. The molecule has 1 aromatic heterocycles. The zero-order chi connectivity index (χ0) is 19.4. The predicted molar refractivity (Wildman–Crippen MR) is 119 cm³/mol. The second-order valence-electron chi connectivity index (χ2n) is 7.25. The standard InChI is InChI=1S/C22H28N4O.ClH/c1-4-5-6-7-16-8-10-17(11-9-16)21(27)24-18-12-13-20-19(14-18)25-22(23)26(20)15(2)3;/h8-15H,4-7H2,1-3H3,(H2,23,25)(H,24,27);1H. The van der Waals surface area contributed by atoms with Gasteiger partial charge in [0.2, 0.25) is 5.95 Å². The molecule has 5 nitrogen and oxygen atoms in total. The Morgan fingerprint density at radius 2 is 1.86 bits per heavy atom. The van der Waals surface area contributed by atoms with Gasteiger partial charge in [-0.25, -0.2) is 4.98 Å². The molecule has 6 heteroatoms. The Labute approximate surface area is 172 Å². The maximum absolute atomic E-state index is 12.5. The second-order valence-corrected chi connectivity index (χ2v) is 7.25. The zero-order valence-corrected chi connectivity index (χ0v) is 17.6. The van der Waals surface area contributed by atoms with Crippen LogP contribution in [0.2, 0.25) is 0 Å². The number of nitrogens with zero attached hydrogens (tertiary/aromatic N) is 2. The molecule has 0 fully saturated rings. The average molecular weight is 401 g/mol. The second kappa shape index (κ2) is 9.60. The van der Waals surface area contributed by atoms with E-state index in [1.807, 2.05) is 47.0 Å². The lowest BCUT2D eigenvalue weighted by Crippen LogP contribution is -2.11. The summed E-state index contributed by atoms with van der Waals surface area (Å²) in [7, 11) is 0. The van der Waals surface area contributed by atoms with Crippen molar-refractivity contribution >= 4 is 41.0 Å². The van der Waals surface area contributed by atoms with E-state index in [9.17, 15) is 4.79 Å². The molecule has 0 atom stereocenters. The number of anilines is 2. The highest BCUT2D eigenvalue weighted by Crippen LogP contribution is 2.25. The van der Waals surface area contributed by atoms with Crippen LogP contribution in [0.25, 0.3) is 11.0 Å². The first-order valence-corrected chi connectivity index (χ1v) is 9.67. The largest absolute Gasteiger partial charge is 0.369 e. The minimum atomic E-state index is -0.120. The maximum Gasteiger partial charge on any atom is 0.255 e. The van der Waals surface area contributed by atoms with Crippen LogP contribution in [0.5, 0.6) is 0 Å². The molecular formula is C22H29ClN4O. The molecule has 0 bridgehead atoms. The van der Waals surface area contributed by atoms with E-state index in [-0.39, 0.29) is 24.4 Å². The third-order valence-electron chi connectivity index (χ3n) is 4.78. The minimum Gasteiger partial charge on any atom is -0.369 e. The van der Waals surface area contributed by atoms with Gasteiger partial charge in [-0.2, -0.15) is 0 Å².